The van der Waals surface area contributed by atoms with Crippen molar-refractivity contribution in [3.8, 4) is 11.4 Å². The summed E-state index contributed by atoms with van der Waals surface area (Å²) in [6, 6.07) is 3.85. The Bertz CT molecular complexity index is 434. The van der Waals surface area contributed by atoms with Crippen LogP contribution in [0.1, 0.15) is 5.82 Å². The first-order chi connectivity index (χ1) is 7.33. The molecule has 0 aliphatic rings. The number of pyridine rings is 1. The van der Waals surface area contributed by atoms with E-state index < -0.39 is 0 Å². The van der Waals surface area contributed by atoms with Gasteiger partial charge in [0.15, 0.2) is 5.82 Å². The highest BCUT2D eigenvalue weighted by molar-refractivity contribution is 5.53. The minimum Gasteiger partial charge on any atom is -0.313 e. The Hall–Kier alpha value is -1.75. The Kier molecular flexibility index (Phi) is 2.73. The molecule has 78 valence electrons. The van der Waals surface area contributed by atoms with Crippen molar-refractivity contribution in [3.63, 3.8) is 0 Å². The van der Waals surface area contributed by atoms with E-state index in [1.54, 1.807) is 12.4 Å². The first kappa shape index (κ1) is 9.79. The summed E-state index contributed by atoms with van der Waals surface area (Å²) in [5.74, 6) is 1.78. The van der Waals surface area contributed by atoms with E-state index in [1.165, 1.54) is 0 Å². The number of aromatic nitrogens is 4. The summed E-state index contributed by atoms with van der Waals surface area (Å²) < 4.78 is 1.98. The molecule has 0 saturated carbocycles. The number of rotatable bonds is 3. The molecular weight excluding hydrogens is 190 g/mol. The van der Waals surface area contributed by atoms with Gasteiger partial charge in [-0.15, -0.1) is 10.2 Å². The van der Waals surface area contributed by atoms with Crippen molar-refractivity contribution < 1.29 is 0 Å². The summed E-state index contributed by atoms with van der Waals surface area (Å²) >= 11 is 0. The monoisotopic (exact) mass is 203 g/mol. The number of hydrogen-bond donors (Lipinski definition) is 1. The zero-order valence-corrected chi connectivity index (χ0v) is 8.81. The van der Waals surface area contributed by atoms with E-state index in [4.69, 9.17) is 0 Å². The number of nitrogens with one attached hydrogen (secondary N) is 1. The first-order valence-corrected chi connectivity index (χ1v) is 4.76. The highest BCUT2D eigenvalue weighted by Gasteiger charge is 2.08. The molecule has 0 unspecified atom stereocenters. The molecule has 5 heteroatoms. The Morgan fingerprint density at radius 2 is 2.00 bits per heavy atom. The molecule has 0 saturated heterocycles. The second-order valence-corrected chi connectivity index (χ2v) is 3.27. The van der Waals surface area contributed by atoms with Gasteiger partial charge in [0, 0.05) is 25.0 Å². The third kappa shape index (κ3) is 1.87. The fraction of sp³-hybridized carbons (Fsp3) is 0.300. The van der Waals surface area contributed by atoms with Gasteiger partial charge in [-0.3, -0.25) is 4.98 Å². The molecule has 2 aromatic heterocycles. The van der Waals surface area contributed by atoms with Crippen molar-refractivity contribution in [2.75, 3.05) is 7.05 Å². The average Bonchev–Trinajstić information content (AvgIpc) is 2.63. The smallest absolute Gasteiger partial charge is 0.163 e. The van der Waals surface area contributed by atoms with Crippen LogP contribution in [0, 0.1) is 0 Å². The molecule has 0 atom stereocenters. The fourth-order valence-corrected chi connectivity index (χ4v) is 1.43. The largest absolute Gasteiger partial charge is 0.313 e. The van der Waals surface area contributed by atoms with Gasteiger partial charge in [0.05, 0.1) is 6.54 Å². The molecule has 0 radical (unpaired) electrons. The maximum atomic E-state index is 4.15. The van der Waals surface area contributed by atoms with Gasteiger partial charge < -0.3 is 9.88 Å². The lowest BCUT2D eigenvalue weighted by Crippen LogP contribution is -2.10. The average molecular weight is 203 g/mol. The molecule has 1 N–H and O–H groups in total. The molecule has 15 heavy (non-hydrogen) atoms. The molecule has 0 aliphatic carbocycles. The van der Waals surface area contributed by atoms with E-state index in [0.29, 0.717) is 6.54 Å². The van der Waals surface area contributed by atoms with Gasteiger partial charge >= 0.3 is 0 Å². The van der Waals surface area contributed by atoms with Gasteiger partial charge in [-0.1, -0.05) is 0 Å². The van der Waals surface area contributed by atoms with Crippen molar-refractivity contribution in [3.05, 3.63) is 30.4 Å². The molecule has 2 heterocycles. The van der Waals surface area contributed by atoms with Crippen molar-refractivity contribution in [1.29, 1.82) is 0 Å². The third-order valence-electron chi connectivity index (χ3n) is 2.24. The Morgan fingerprint density at radius 3 is 2.67 bits per heavy atom. The molecule has 0 aromatic carbocycles. The van der Waals surface area contributed by atoms with E-state index in [2.05, 4.69) is 20.5 Å². The van der Waals surface area contributed by atoms with Crippen LogP contribution >= 0.6 is 0 Å². The Balaban J connectivity index is 2.38. The van der Waals surface area contributed by atoms with Crippen molar-refractivity contribution >= 4 is 0 Å². The lowest BCUT2D eigenvalue weighted by Gasteiger charge is -2.02. The number of nitrogens with zero attached hydrogens (tertiary/aromatic N) is 4. The van der Waals surface area contributed by atoms with E-state index >= 15 is 0 Å². The summed E-state index contributed by atoms with van der Waals surface area (Å²) in [4.78, 5) is 3.97. The van der Waals surface area contributed by atoms with Gasteiger partial charge in [-0.25, -0.2) is 0 Å². The predicted octanol–water partition coefficient (Wildman–Crippen LogP) is 0.596. The van der Waals surface area contributed by atoms with Crippen LogP contribution in [0.4, 0.5) is 0 Å². The minimum atomic E-state index is 0.717. The van der Waals surface area contributed by atoms with Crippen LogP contribution in [0.5, 0.6) is 0 Å². The first-order valence-electron chi connectivity index (χ1n) is 4.76. The SMILES string of the molecule is CNCc1nnc(-c2ccncc2)n1C. The molecule has 2 rings (SSSR count). The molecule has 0 amide bonds. The van der Waals surface area contributed by atoms with Crippen molar-refractivity contribution in [2.45, 2.75) is 6.54 Å². The Labute approximate surface area is 88.2 Å². The van der Waals surface area contributed by atoms with Crippen LogP contribution < -0.4 is 5.32 Å². The van der Waals surface area contributed by atoms with Gasteiger partial charge in [-0.2, -0.15) is 0 Å². The van der Waals surface area contributed by atoms with Crippen molar-refractivity contribution in [2.24, 2.45) is 7.05 Å². The summed E-state index contributed by atoms with van der Waals surface area (Å²) in [6.07, 6.45) is 3.50. The molecule has 0 spiro atoms. The van der Waals surface area contributed by atoms with Crippen molar-refractivity contribution in [1.82, 2.24) is 25.1 Å². The van der Waals surface area contributed by atoms with Gasteiger partial charge in [0.2, 0.25) is 0 Å². The lowest BCUT2D eigenvalue weighted by atomic mass is 10.2. The molecule has 5 nitrogen and oxygen atoms in total. The van der Waals surface area contributed by atoms with E-state index in [1.807, 2.05) is 30.8 Å². The van der Waals surface area contributed by atoms with E-state index in [-0.39, 0.29) is 0 Å². The normalized spacial score (nSPS) is 10.5. The number of hydrogen-bond acceptors (Lipinski definition) is 4. The van der Waals surface area contributed by atoms with E-state index in [9.17, 15) is 0 Å². The van der Waals surface area contributed by atoms with Gasteiger partial charge in [0.1, 0.15) is 5.82 Å². The summed E-state index contributed by atoms with van der Waals surface area (Å²) in [6.45, 7) is 0.717. The fourth-order valence-electron chi connectivity index (χ4n) is 1.43. The zero-order valence-electron chi connectivity index (χ0n) is 8.81. The molecule has 0 aliphatic heterocycles. The standard InChI is InChI=1S/C10H13N5/c1-11-7-9-13-14-10(15(9)2)8-3-5-12-6-4-8/h3-6,11H,7H2,1-2H3. The van der Waals surface area contributed by atoms with Crippen LogP contribution in [0.15, 0.2) is 24.5 Å². The lowest BCUT2D eigenvalue weighted by molar-refractivity contribution is 0.709. The highest BCUT2D eigenvalue weighted by atomic mass is 15.3. The Morgan fingerprint density at radius 1 is 1.27 bits per heavy atom. The summed E-state index contributed by atoms with van der Waals surface area (Å²) in [5.41, 5.74) is 1.03. The molecule has 0 bridgehead atoms. The van der Waals surface area contributed by atoms with Gasteiger partial charge in [-0.05, 0) is 19.2 Å². The quantitative estimate of drug-likeness (QED) is 0.793. The molecule has 2 aromatic rings. The molecule has 0 fully saturated rings. The maximum absolute atomic E-state index is 4.15. The summed E-state index contributed by atoms with van der Waals surface area (Å²) in [7, 11) is 3.85. The molecular formula is C10H13N5. The van der Waals surface area contributed by atoms with E-state index in [0.717, 1.165) is 17.2 Å². The van der Waals surface area contributed by atoms with Crippen LogP contribution in [0.25, 0.3) is 11.4 Å². The highest BCUT2D eigenvalue weighted by Crippen LogP contribution is 2.15. The second-order valence-electron chi connectivity index (χ2n) is 3.27. The van der Waals surface area contributed by atoms with Gasteiger partial charge in [0.25, 0.3) is 0 Å². The second kappa shape index (κ2) is 4.18. The summed E-state index contributed by atoms with van der Waals surface area (Å²) in [5, 5.41) is 11.3. The van der Waals surface area contributed by atoms with Crippen LogP contribution in [-0.2, 0) is 13.6 Å². The minimum absolute atomic E-state index is 0.717. The van der Waals surface area contributed by atoms with Crippen LogP contribution in [-0.4, -0.2) is 26.8 Å². The maximum Gasteiger partial charge on any atom is 0.163 e. The predicted molar refractivity (Wildman–Crippen MR) is 57.0 cm³/mol. The third-order valence-corrected chi connectivity index (χ3v) is 2.24. The zero-order chi connectivity index (χ0) is 10.7. The van der Waals surface area contributed by atoms with Crippen LogP contribution in [0.3, 0.4) is 0 Å². The topological polar surface area (TPSA) is 55.6 Å². The van der Waals surface area contributed by atoms with Crippen LogP contribution in [0.2, 0.25) is 0 Å².